The highest BCUT2D eigenvalue weighted by Crippen LogP contribution is 2.31. The number of halogens is 2. The molecule has 0 aliphatic rings. The van der Waals surface area contributed by atoms with Crippen molar-refractivity contribution in [3.8, 4) is 11.9 Å². The first-order valence-electron chi connectivity index (χ1n) is 6.39. The third-order valence-corrected chi connectivity index (χ3v) is 3.56. The normalized spacial score (nSPS) is 10.4. The van der Waals surface area contributed by atoms with E-state index in [1.54, 1.807) is 24.3 Å². The van der Waals surface area contributed by atoms with E-state index in [0.717, 1.165) is 5.56 Å². The molecule has 108 valence electrons. The molecule has 0 unspecified atom stereocenters. The molecule has 0 radical (unpaired) electrons. The first-order valence-corrected chi connectivity index (χ1v) is 7.14. The summed E-state index contributed by atoms with van der Waals surface area (Å²) in [6.45, 7) is 0.283. The predicted molar refractivity (Wildman–Crippen MR) is 85.0 cm³/mol. The maximum absolute atomic E-state index is 8.91. The first-order chi connectivity index (χ1) is 10.7. The summed E-state index contributed by atoms with van der Waals surface area (Å²) in [5, 5.41) is 10.5. The molecule has 0 saturated carbocycles. The molecule has 1 aromatic heterocycles. The van der Waals surface area contributed by atoms with Crippen molar-refractivity contribution >= 4 is 34.1 Å². The lowest BCUT2D eigenvalue weighted by Crippen LogP contribution is -1.99. The highest BCUT2D eigenvalue weighted by molar-refractivity contribution is 6.38. The van der Waals surface area contributed by atoms with Crippen LogP contribution in [-0.2, 0) is 6.61 Å². The number of benzene rings is 2. The van der Waals surface area contributed by atoms with Crippen LogP contribution in [0.1, 0.15) is 11.1 Å². The van der Waals surface area contributed by atoms with Gasteiger partial charge in [0.1, 0.15) is 12.9 Å². The SMILES string of the molecule is N#Cc1cccc(COc2ncnc3c(Cl)cc(Cl)cc23)c1. The molecule has 6 heteroatoms. The molecular weight excluding hydrogens is 321 g/mol. The van der Waals surface area contributed by atoms with E-state index in [0.29, 0.717) is 32.4 Å². The lowest BCUT2D eigenvalue weighted by Gasteiger charge is -2.09. The summed E-state index contributed by atoms with van der Waals surface area (Å²) < 4.78 is 5.74. The average Bonchev–Trinajstić information content (AvgIpc) is 2.53. The minimum Gasteiger partial charge on any atom is -0.472 e. The van der Waals surface area contributed by atoms with Gasteiger partial charge in [-0.2, -0.15) is 5.26 Å². The molecule has 3 aromatic rings. The van der Waals surface area contributed by atoms with Crippen molar-refractivity contribution in [1.82, 2.24) is 9.97 Å². The Bertz CT molecular complexity index is 890. The van der Waals surface area contributed by atoms with Gasteiger partial charge in [-0.25, -0.2) is 9.97 Å². The van der Waals surface area contributed by atoms with E-state index in [1.165, 1.54) is 6.33 Å². The van der Waals surface area contributed by atoms with E-state index < -0.39 is 0 Å². The quantitative estimate of drug-likeness (QED) is 0.715. The number of rotatable bonds is 3. The van der Waals surface area contributed by atoms with Crippen LogP contribution in [0.4, 0.5) is 0 Å². The van der Waals surface area contributed by atoms with Crippen LogP contribution in [0.5, 0.6) is 5.88 Å². The Morgan fingerprint density at radius 1 is 1.14 bits per heavy atom. The van der Waals surface area contributed by atoms with Crippen LogP contribution < -0.4 is 4.74 Å². The molecule has 0 fully saturated rings. The summed E-state index contributed by atoms with van der Waals surface area (Å²) in [5.41, 5.74) is 2.04. The van der Waals surface area contributed by atoms with Gasteiger partial charge in [0.2, 0.25) is 5.88 Å². The van der Waals surface area contributed by atoms with Gasteiger partial charge in [0.25, 0.3) is 0 Å². The fraction of sp³-hybridized carbons (Fsp3) is 0.0625. The van der Waals surface area contributed by atoms with Crippen molar-refractivity contribution in [2.75, 3.05) is 0 Å². The highest BCUT2D eigenvalue weighted by Gasteiger charge is 2.10. The predicted octanol–water partition coefficient (Wildman–Crippen LogP) is 4.39. The van der Waals surface area contributed by atoms with Crippen molar-refractivity contribution in [2.24, 2.45) is 0 Å². The minimum absolute atomic E-state index is 0.283. The molecule has 0 bridgehead atoms. The molecular formula is C16H9Cl2N3O. The highest BCUT2D eigenvalue weighted by atomic mass is 35.5. The second-order valence-corrected chi connectivity index (χ2v) is 5.41. The number of ether oxygens (including phenoxy) is 1. The average molecular weight is 330 g/mol. The van der Waals surface area contributed by atoms with Gasteiger partial charge >= 0.3 is 0 Å². The summed E-state index contributed by atoms with van der Waals surface area (Å²) >= 11 is 12.1. The Hall–Kier alpha value is -2.35. The number of nitriles is 1. The van der Waals surface area contributed by atoms with Crippen LogP contribution >= 0.6 is 23.2 Å². The molecule has 0 aliphatic carbocycles. The van der Waals surface area contributed by atoms with Gasteiger partial charge in [-0.15, -0.1) is 0 Å². The number of hydrogen-bond acceptors (Lipinski definition) is 4. The van der Waals surface area contributed by atoms with E-state index in [2.05, 4.69) is 16.0 Å². The second-order valence-electron chi connectivity index (χ2n) is 4.56. The Labute approximate surface area is 136 Å². The van der Waals surface area contributed by atoms with Gasteiger partial charge in [0, 0.05) is 5.02 Å². The van der Waals surface area contributed by atoms with Crippen molar-refractivity contribution < 1.29 is 4.74 Å². The van der Waals surface area contributed by atoms with Crippen molar-refractivity contribution in [2.45, 2.75) is 6.61 Å². The van der Waals surface area contributed by atoms with Crippen molar-refractivity contribution in [3.63, 3.8) is 0 Å². The maximum atomic E-state index is 8.91. The van der Waals surface area contributed by atoms with Crippen molar-refractivity contribution in [1.29, 1.82) is 5.26 Å². The van der Waals surface area contributed by atoms with Crippen LogP contribution in [0, 0.1) is 11.3 Å². The number of aromatic nitrogens is 2. The zero-order valence-corrected chi connectivity index (χ0v) is 12.8. The fourth-order valence-electron chi connectivity index (χ4n) is 2.07. The molecule has 0 spiro atoms. The zero-order chi connectivity index (χ0) is 15.5. The third-order valence-electron chi connectivity index (χ3n) is 3.05. The summed E-state index contributed by atoms with van der Waals surface area (Å²) in [4.78, 5) is 8.27. The Kier molecular flexibility index (Phi) is 4.10. The molecule has 22 heavy (non-hydrogen) atoms. The van der Waals surface area contributed by atoms with Crippen LogP contribution in [0.3, 0.4) is 0 Å². The molecule has 0 aliphatic heterocycles. The topological polar surface area (TPSA) is 58.8 Å². The van der Waals surface area contributed by atoms with Crippen molar-refractivity contribution in [3.05, 3.63) is 63.9 Å². The largest absolute Gasteiger partial charge is 0.472 e. The van der Waals surface area contributed by atoms with E-state index in [4.69, 9.17) is 33.2 Å². The van der Waals surface area contributed by atoms with E-state index in [9.17, 15) is 0 Å². The lowest BCUT2D eigenvalue weighted by molar-refractivity contribution is 0.297. The summed E-state index contributed by atoms with van der Waals surface area (Å²) in [7, 11) is 0. The second kappa shape index (κ2) is 6.18. The zero-order valence-electron chi connectivity index (χ0n) is 11.3. The Morgan fingerprint density at radius 3 is 2.82 bits per heavy atom. The number of nitrogens with zero attached hydrogens (tertiary/aromatic N) is 3. The molecule has 2 aromatic carbocycles. The smallest absolute Gasteiger partial charge is 0.224 e. The van der Waals surface area contributed by atoms with Gasteiger partial charge in [-0.1, -0.05) is 35.3 Å². The molecule has 4 nitrogen and oxygen atoms in total. The minimum atomic E-state index is 0.283. The molecule has 1 heterocycles. The van der Waals surface area contributed by atoms with Gasteiger partial charge in [0.05, 0.1) is 27.6 Å². The Balaban J connectivity index is 1.92. The Morgan fingerprint density at radius 2 is 2.00 bits per heavy atom. The molecule has 0 N–H and O–H groups in total. The number of hydrogen-bond donors (Lipinski definition) is 0. The standard InChI is InChI=1S/C16H9Cl2N3O/c17-12-5-13-15(14(18)6-12)20-9-21-16(13)22-8-11-3-1-2-10(4-11)7-19/h1-6,9H,8H2. The van der Waals surface area contributed by atoms with E-state index in [-0.39, 0.29) is 6.61 Å². The summed E-state index contributed by atoms with van der Waals surface area (Å²) in [5.74, 6) is 0.400. The van der Waals surface area contributed by atoms with Gasteiger partial charge in [0.15, 0.2) is 0 Å². The summed E-state index contributed by atoms with van der Waals surface area (Å²) in [6, 6.07) is 12.6. The van der Waals surface area contributed by atoms with Gasteiger partial charge < -0.3 is 4.74 Å². The van der Waals surface area contributed by atoms with Crippen LogP contribution in [0.2, 0.25) is 10.0 Å². The molecule has 0 atom stereocenters. The maximum Gasteiger partial charge on any atom is 0.224 e. The monoisotopic (exact) mass is 329 g/mol. The van der Waals surface area contributed by atoms with Crippen LogP contribution in [-0.4, -0.2) is 9.97 Å². The van der Waals surface area contributed by atoms with E-state index in [1.807, 2.05) is 12.1 Å². The van der Waals surface area contributed by atoms with Crippen LogP contribution in [0.15, 0.2) is 42.7 Å². The number of fused-ring (bicyclic) bond motifs is 1. The molecule has 0 saturated heterocycles. The lowest BCUT2D eigenvalue weighted by atomic mass is 10.1. The first kappa shape index (κ1) is 14.6. The molecule has 3 rings (SSSR count). The van der Waals surface area contributed by atoms with Gasteiger partial charge in [-0.05, 0) is 29.8 Å². The fourth-order valence-corrected chi connectivity index (χ4v) is 2.61. The van der Waals surface area contributed by atoms with Gasteiger partial charge in [-0.3, -0.25) is 0 Å². The summed E-state index contributed by atoms with van der Waals surface area (Å²) in [6.07, 6.45) is 1.39. The van der Waals surface area contributed by atoms with E-state index >= 15 is 0 Å². The molecule has 0 amide bonds. The third kappa shape index (κ3) is 2.96. The van der Waals surface area contributed by atoms with Crippen LogP contribution in [0.25, 0.3) is 10.9 Å².